The summed E-state index contributed by atoms with van der Waals surface area (Å²) < 4.78 is 0. The maximum atomic E-state index is 12.1. The number of β-lactam (4-membered cyclic amide) rings is 2. The van der Waals surface area contributed by atoms with Gasteiger partial charge >= 0.3 is 0 Å². The molecule has 1 atom stereocenters. The van der Waals surface area contributed by atoms with Gasteiger partial charge in [-0.3, -0.25) is 14.4 Å². The smallest absolute Gasteiger partial charge is 0.247 e. The van der Waals surface area contributed by atoms with E-state index in [9.17, 15) is 14.4 Å². The molecule has 4 heteroatoms. The van der Waals surface area contributed by atoms with Crippen LogP contribution in [0.3, 0.4) is 0 Å². The molecule has 2 amide bonds. The number of Topliss-reactive ketones (excluding diaryl/α,β-unsaturated/α-hetero) is 1. The highest BCUT2D eigenvalue weighted by atomic mass is 16.2. The van der Waals surface area contributed by atoms with Crippen molar-refractivity contribution >= 4 is 23.3 Å². The predicted molar refractivity (Wildman–Crippen MR) is 64.8 cm³/mol. The first-order valence-corrected chi connectivity index (χ1v) is 6.16. The van der Waals surface area contributed by atoms with Gasteiger partial charge in [0.15, 0.2) is 0 Å². The number of imide groups is 1. The van der Waals surface area contributed by atoms with E-state index in [1.54, 1.807) is 24.3 Å². The zero-order valence-electron chi connectivity index (χ0n) is 9.83. The summed E-state index contributed by atoms with van der Waals surface area (Å²) in [5.74, 6) is -1.49. The molecule has 1 aromatic rings. The van der Waals surface area contributed by atoms with Crippen LogP contribution in [0, 0.1) is 11.8 Å². The van der Waals surface area contributed by atoms with Crippen LogP contribution in [0.4, 0.5) is 5.69 Å². The molecular weight excluding hydrogens is 230 g/mol. The van der Waals surface area contributed by atoms with E-state index in [2.05, 4.69) is 0 Å². The second kappa shape index (κ2) is 4.05. The Morgan fingerprint density at radius 2 is 1.67 bits per heavy atom. The molecule has 1 saturated carbocycles. The van der Waals surface area contributed by atoms with Crippen LogP contribution in [0.15, 0.2) is 30.3 Å². The Labute approximate surface area is 105 Å². The summed E-state index contributed by atoms with van der Waals surface area (Å²) in [7, 11) is 0. The number of carbonyl (C=O) groups is 3. The lowest BCUT2D eigenvalue weighted by Crippen LogP contribution is -2.61. The Hall–Kier alpha value is -1.97. The van der Waals surface area contributed by atoms with Gasteiger partial charge in [0.2, 0.25) is 11.8 Å². The summed E-state index contributed by atoms with van der Waals surface area (Å²) >= 11 is 0. The second-order valence-corrected chi connectivity index (χ2v) is 4.79. The average Bonchev–Trinajstić information content (AvgIpc) is 2.77. The predicted octanol–water partition coefficient (Wildman–Crippen LogP) is 1.55. The Bertz CT molecular complexity index is 507. The molecule has 0 unspecified atom stereocenters. The van der Waals surface area contributed by atoms with Gasteiger partial charge in [0.1, 0.15) is 11.7 Å². The van der Waals surface area contributed by atoms with E-state index in [1.165, 1.54) is 4.90 Å². The van der Waals surface area contributed by atoms with Gasteiger partial charge in [-0.1, -0.05) is 18.2 Å². The Kier molecular flexibility index (Phi) is 2.51. The molecule has 1 saturated heterocycles. The highest BCUT2D eigenvalue weighted by Gasteiger charge is 2.54. The van der Waals surface area contributed by atoms with Crippen molar-refractivity contribution in [3.05, 3.63) is 30.3 Å². The van der Waals surface area contributed by atoms with Crippen LogP contribution in [-0.4, -0.2) is 17.6 Å². The molecule has 18 heavy (non-hydrogen) atoms. The standard InChI is InChI=1S/C14H13NO3/c16-11-8-4-7-10(11)12-13(17)15(14(12)18)9-5-2-1-3-6-9/h1-3,5-6,10,12H,4,7-8H2/t10-/m0/s1. The SMILES string of the molecule is O=C1CCC[C@@H]1C1C(=O)N(c2ccccc2)C1=O. The van der Waals surface area contributed by atoms with Crippen molar-refractivity contribution in [2.24, 2.45) is 11.8 Å². The second-order valence-electron chi connectivity index (χ2n) is 4.79. The van der Waals surface area contributed by atoms with Crippen LogP contribution in [0.25, 0.3) is 0 Å². The van der Waals surface area contributed by atoms with Crippen molar-refractivity contribution in [3.63, 3.8) is 0 Å². The minimum Gasteiger partial charge on any atom is -0.299 e. The number of ketones is 1. The summed E-state index contributed by atoms with van der Waals surface area (Å²) in [4.78, 5) is 36.9. The van der Waals surface area contributed by atoms with Crippen LogP contribution >= 0.6 is 0 Å². The van der Waals surface area contributed by atoms with Gasteiger partial charge in [-0.2, -0.15) is 0 Å². The first-order valence-electron chi connectivity index (χ1n) is 6.16. The number of hydrogen-bond acceptors (Lipinski definition) is 3. The summed E-state index contributed by atoms with van der Waals surface area (Å²) in [5.41, 5.74) is 0.592. The van der Waals surface area contributed by atoms with E-state index in [-0.39, 0.29) is 23.5 Å². The summed E-state index contributed by atoms with van der Waals surface area (Å²) in [5, 5.41) is 0. The molecule has 92 valence electrons. The lowest BCUT2D eigenvalue weighted by Gasteiger charge is -2.38. The largest absolute Gasteiger partial charge is 0.299 e. The Morgan fingerprint density at radius 1 is 1.00 bits per heavy atom. The van der Waals surface area contributed by atoms with Gasteiger partial charge < -0.3 is 0 Å². The normalized spacial score (nSPS) is 24.6. The lowest BCUT2D eigenvalue weighted by molar-refractivity contribution is -0.148. The molecule has 0 radical (unpaired) electrons. The van der Waals surface area contributed by atoms with E-state index in [4.69, 9.17) is 0 Å². The fourth-order valence-electron chi connectivity index (χ4n) is 2.80. The van der Waals surface area contributed by atoms with Crippen molar-refractivity contribution in [2.75, 3.05) is 4.90 Å². The number of carbonyl (C=O) groups excluding carboxylic acids is 3. The van der Waals surface area contributed by atoms with E-state index in [0.717, 1.165) is 6.42 Å². The number of anilines is 1. The topological polar surface area (TPSA) is 54.5 Å². The molecule has 3 rings (SSSR count). The zero-order chi connectivity index (χ0) is 12.7. The number of nitrogens with zero attached hydrogens (tertiary/aromatic N) is 1. The third kappa shape index (κ3) is 1.49. The number of rotatable bonds is 2. The van der Waals surface area contributed by atoms with Gasteiger partial charge in [-0.25, -0.2) is 4.90 Å². The minimum absolute atomic E-state index is 0.0643. The number of para-hydroxylation sites is 1. The van der Waals surface area contributed by atoms with Gasteiger partial charge in [-0.05, 0) is 25.0 Å². The van der Waals surface area contributed by atoms with Crippen molar-refractivity contribution in [2.45, 2.75) is 19.3 Å². The van der Waals surface area contributed by atoms with Gasteiger partial charge in [0, 0.05) is 12.3 Å². The van der Waals surface area contributed by atoms with Gasteiger partial charge in [0.05, 0.1) is 5.69 Å². The van der Waals surface area contributed by atoms with E-state index < -0.39 is 5.92 Å². The molecule has 2 fully saturated rings. The monoisotopic (exact) mass is 243 g/mol. The van der Waals surface area contributed by atoms with Crippen molar-refractivity contribution in [1.29, 1.82) is 0 Å². The van der Waals surface area contributed by atoms with Crippen LogP contribution in [0.2, 0.25) is 0 Å². The highest BCUT2D eigenvalue weighted by molar-refractivity contribution is 6.34. The first kappa shape index (κ1) is 11.1. The molecule has 1 aromatic carbocycles. The molecule has 4 nitrogen and oxygen atoms in total. The third-order valence-electron chi connectivity index (χ3n) is 3.74. The number of benzene rings is 1. The Morgan fingerprint density at radius 3 is 2.22 bits per heavy atom. The van der Waals surface area contributed by atoms with Gasteiger partial charge in [0.25, 0.3) is 0 Å². The Balaban J connectivity index is 1.82. The van der Waals surface area contributed by atoms with Crippen LogP contribution in [0.5, 0.6) is 0 Å². The maximum absolute atomic E-state index is 12.1. The summed E-state index contributed by atoms with van der Waals surface area (Å²) in [6, 6.07) is 8.84. The van der Waals surface area contributed by atoms with Gasteiger partial charge in [-0.15, -0.1) is 0 Å². The van der Waals surface area contributed by atoms with Crippen LogP contribution in [-0.2, 0) is 14.4 Å². The van der Waals surface area contributed by atoms with E-state index >= 15 is 0 Å². The molecule has 0 spiro atoms. The summed E-state index contributed by atoms with van der Waals surface area (Å²) in [6.45, 7) is 0. The zero-order valence-corrected chi connectivity index (χ0v) is 9.83. The number of hydrogen-bond donors (Lipinski definition) is 0. The van der Waals surface area contributed by atoms with E-state index in [1.807, 2.05) is 6.07 Å². The molecule has 2 aliphatic rings. The molecule has 0 bridgehead atoms. The molecule has 0 N–H and O–H groups in total. The third-order valence-corrected chi connectivity index (χ3v) is 3.74. The highest BCUT2D eigenvalue weighted by Crippen LogP contribution is 2.38. The fraction of sp³-hybridized carbons (Fsp3) is 0.357. The average molecular weight is 243 g/mol. The number of amides is 2. The van der Waals surface area contributed by atoms with Crippen molar-refractivity contribution < 1.29 is 14.4 Å². The molecular formula is C14H13NO3. The maximum Gasteiger partial charge on any atom is 0.247 e. The molecule has 1 aliphatic heterocycles. The molecule has 1 heterocycles. The quantitative estimate of drug-likeness (QED) is 0.585. The van der Waals surface area contributed by atoms with E-state index in [0.29, 0.717) is 18.5 Å². The summed E-state index contributed by atoms with van der Waals surface area (Å²) in [6.07, 6.45) is 1.97. The van der Waals surface area contributed by atoms with Crippen molar-refractivity contribution in [1.82, 2.24) is 0 Å². The van der Waals surface area contributed by atoms with Crippen LogP contribution < -0.4 is 4.90 Å². The van der Waals surface area contributed by atoms with Crippen LogP contribution in [0.1, 0.15) is 19.3 Å². The first-order chi connectivity index (χ1) is 8.70. The molecule has 0 aromatic heterocycles. The minimum atomic E-state index is -0.722. The van der Waals surface area contributed by atoms with Crippen molar-refractivity contribution in [3.8, 4) is 0 Å². The fourth-order valence-corrected chi connectivity index (χ4v) is 2.80. The molecule has 1 aliphatic carbocycles. The lowest BCUT2D eigenvalue weighted by atomic mass is 9.82.